The number of fused-ring (bicyclic) bond motifs is 1. The van der Waals surface area contributed by atoms with E-state index in [1.165, 1.54) is 11.4 Å². The quantitative estimate of drug-likeness (QED) is 0.873. The van der Waals surface area contributed by atoms with Crippen LogP contribution in [0, 0.1) is 0 Å². The van der Waals surface area contributed by atoms with Crippen LogP contribution >= 0.6 is 0 Å². The SMILES string of the molecule is COc1ccc(N2C(=O)c3c(OC)cccc3S2=O)cc1. The number of nitrogens with zero attached hydrogens (tertiary/aromatic N) is 1. The topological polar surface area (TPSA) is 55.8 Å². The van der Waals surface area contributed by atoms with Crippen molar-refractivity contribution in [2.45, 2.75) is 4.90 Å². The van der Waals surface area contributed by atoms with Crippen molar-refractivity contribution in [3.05, 3.63) is 48.0 Å². The van der Waals surface area contributed by atoms with Crippen molar-refractivity contribution >= 4 is 22.6 Å². The van der Waals surface area contributed by atoms with E-state index in [4.69, 9.17) is 9.47 Å². The average molecular weight is 303 g/mol. The Kier molecular flexibility index (Phi) is 3.39. The van der Waals surface area contributed by atoms with Gasteiger partial charge in [-0.2, -0.15) is 0 Å². The van der Waals surface area contributed by atoms with Crippen LogP contribution in [0.1, 0.15) is 10.4 Å². The van der Waals surface area contributed by atoms with Gasteiger partial charge in [0.1, 0.15) is 17.1 Å². The molecule has 0 spiro atoms. The van der Waals surface area contributed by atoms with Crippen molar-refractivity contribution in [3.8, 4) is 11.5 Å². The lowest BCUT2D eigenvalue weighted by atomic mass is 10.2. The van der Waals surface area contributed by atoms with Crippen molar-refractivity contribution in [3.63, 3.8) is 0 Å². The number of ether oxygens (including phenoxy) is 2. The highest BCUT2D eigenvalue weighted by atomic mass is 32.2. The predicted molar refractivity (Wildman–Crippen MR) is 79.2 cm³/mol. The van der Waals surface area contributed by atoms with Crippen LogP contribution in [0.25, 0.3) is 0 Å². The van der Waals surface area contributed by atoms with Gasteiger partial charge in [0.15, 0.2) is 11.0 Å². The Hall–Kier alpha value is -2.34. The van der Waals surface area contributed by atoms with Gasteiger partial charge < -0.3 is 9.47 Å². The van der Waals surface area contributed by atoms with Crippen LogP contribution in [0.2, 0.25) is 0 Å². The van der Waals surface area contributed by atoms with Crippen molar-refractivity contribution < 1.29 is 18.5 Å². The zero-order chi connectivity index (χ0) is 15.0. The molecule has 2 aromatic rings. The number of benzene rings is 2. The summed E-state index contributed by atoms with van der Waals surface area (Å²) in [7, 11) is 1.48. The lowest BCUT2D eigenvalue weighted by Crippen LogP contribution is -2.25. The van der Waals surface area contributed by atoms with Gasteiger partial charge in [-0.25, -0.2) is 8.51 Å². The second-order valence-electron chi connectivity index (χ2n) is 4.38. The number of carbonyl (C=O) groups is 1. The first-order valence-corrected chi connectivity index (χ1v) is 7.35. The minimum Gasteiger partial charge on any atom is -0.497 e. The summed E-state index contributed by atoms with van der Waals surface area (Å²) in [5.41, 5.74) is 0.909. The van der Waals surface area contributed by atoms with E-state index in [-0.39, 0.29) is 5.91 Å². The van der Waals surface area contributed by atoms with Gasteiger partial charge in [0, 0.05) is 0 Å². The Bertz CT molecular complexity index is 727. The van der Waals surface area contributed by atoms with Crippen LogP contribution in [0.4, 0.5) is 5.69 Å². The largest absolute Gasteiger partial charge is 0.497 e. The standard InChI is InChI=1S/C15H13NO4S/c1-19-11-8-6-10(7-9-11)16-15(17)14-12(20-2)4-3-5-13(14)21(16)18/h3-9H,1-2H3. The molecule has 0 saturated heterocycles. The first-order valence-electron chi connectivity index (χ1n) is 6.24. The first kappa shape index (κ1) is 13.6. The third-order valence-corrected chi connectivity index (χ3v) is 4.69. The molecule has 1 aliphatic heterocycles. The lowest BCUT2D eigenvalue weighted by molar-refractivity contribution is 0.101. The van der Waals surface area contributed by atoms with Crippen molar-refractivity contribution in [1.82, 2.24) is 0 Å². The van der Waals surface area contributed by atoms with E-state index < -0.39 is 11.0 Å². The Morgan fingerprint density at radius 3 is 2.33 bits per heavy atom. The molecule has 1 unspecified atom stereocenters. The number of anilines is 1. The Morgan fingerprint density at radius 1 is 1.00 bits per heavy atom. The van der Waals surface area contributed by atoms with Gasteiger partial charge in [-0.1, -0.05) is 6.07 Å². The smallest absolute Gasteiger partial charge is 0.275 e. The van der Waals surface area contributed by atoms with E-state index >= 15 is 0 Å². The molecule has 0 bridgehead atoms. The van der Waals surface area contributed by atoms with Gasteiger partial charge >= 0.3 is 0 Å². The monoisotopic (exact) mass is 303 g/mol. The van der Waals surface area contributed by atoms with E-state index in [0.717, 1.165) is 0 Å². The highest BCUT2D eigenvalue weighted by Crippen LogP contribution is 2.37. The van der Waals surface area contributed by atoms with E-state index in [0.29, 0.717) is 27.6 Å². The van der Waals surface area contributed by atoms with E-state index in [1.807, 2.05) is 0 Å². The van der Waals surface area contributed by atoms with Crippen LogP contribution < -0.4 is 13.8 Å². The zero-order valence-electron chi connectivity index (χ0n) is 11.5. The molecular formula is C15H13NO4S. The van der Waals surface area contributed by atoms with Gasteiger partial charge in [-0.05, 0) is 36.4 Å². The number of hydrogen-bond acceptors (Lipinski definition) is 4. The second kappa shape index (κ2) is 5.21. The molecule has 0 radical (unpaired) electrons. The maximum absolute atomic E-state index is 12.6. The summed E-state index contributed by atoms with van der Waals surface area (Å²) in [6.07, 6.45) is 0. The predicted octanol–water partition coefficient (Wildman–Crippen LogP) is 2.39. The highest BCUT2D eigenvalue weighted by molar-refractivity contribution is 7.88. The average Bonchev–Trinajstić information content (AvgIpc) is 2.79. The minimum absolute atomic E-state index is 0.328. The number of carbonyl (C=O) groups excluding carboxylic acids is 1. The summed E-state index contributed by atoms with van der Waals surface area (Å²) >= 11 is 0. The Morgan fingerprint density at radius 2 is 1.71 bits per heavy atom. The van der Waals surface area contributed by atoms with E-state index in [2.05, 4.69) is 0 Å². The highest BCUT2D eigenvalue weighted by Gasteiger charge is 2.38. The van der Waals surface area contributed by atoms with Crippen LogP contribution in [-0.4, -0.2) is 24.3 Å². The molecule has 0 aliphatic carbocycles. The Labute approximate surface area is 124 Å². The van der Waals surface area contributed by atoms with Gasteiger partial charge in [0.25, 0.3) is 5.91 Å². The van der Waals surface area contributed by atoms with Crippen LogP contribution in [0.5, 0.6) is 11.5 Å². The molecule has 1 aliphatic rings. The van der Waals surface area contributed by atoms with E-state index in [9.17, 15) is 9.00 Å². The van der Waals surface area contributed by atoms with Crippen LogP contribution in [0.15, 0.2) is 47.4 Å². The summed E-state index contributed by atoms with van der Waals surface area (Å²) in [5, 5.41) is 0. The Balaban J connectivity index is 2.06. The molecule has 1 atom stereocenters. The summed E-state index contributed by atoms with van der Waals surface area (Å²) < 4.78 is 24.1. The maximum Gasteiger partial charge on any atom is 0.275 e. The number of methoxy groups -OCH3 is 2. The lowest BCUT2D eigenvalue weighted by Gasteiger charge is -2.14. The molecule has 0 saturated carbocycles. The van der Waals surface area contributed by atoms with Crippen molar-refractivity contribution in [2.24, 2.45) is 0 Å². The van der Waals surface area contributed by atoms with Crippen LogP contribution in [0.3, 0.4) is 0 Å². The molecule has 1 amide bonds. The van der Waals surface area contributed by atoms with Gasteiger partial charge in [-0.3, -0.25) is 4.79 Å². The molecule has 2 aromatic carbocycles. The molecule has 3 rings (SSSR count). The molecule has 0 N–H and O–H groups in total. The molecule has 1 heterocycles. The molecule has 5 nitrogen and oxygen atoms in total. The molecule has 108 valence electrons. The number of amides is 1. The maximum atomic E-state index is 12.6. The fourth-order valence-electron chi connectivity index (χ4n) is 2.24. The van der Waals surface area contributed by atoms with Crippen molar-refractivity contribution in [1.29, 1.82) is 0 Å². The van der Waals surface area contributed by atoms with Gasteiger partial charge in [0.2, 0.25) is 0 Å². The third-order valence-electron chi connectivity index (χ3n) is 3.27. The summed E-state index contributed by atoms with van der Waals surface area (Å²) in [5.74, 6) is 0.777. The summed E-state index contributed by atoms with van der Waals surface area (Å²) in [6, 6.07) is 11.9. The first-order chi connectivity index (χ1) is 10.2. The van der Waals surface area contributed by atoms with Crippen LogP contribution in [-0.2, 0) is 11.0 Å². The molecule has 0 aromatic heterocycles. The fourth-order valence-corrected chi connectivity index (χ4v) is 3.55. The second-order valence-corrected chi connectivity index (χ2v) is 5.68. The summed E-state index contributed by atoms with van der Waals surface area (Å²) in [6.45, 7) is 0. The van der Waals surface area contributed by atoms with Crippen molar-refractivity contribution in [2.75, 3.05) is 18.5 Å². The van der Waals surface area contributed by atoms with E-state index in [1.54, 1.807) is 49.6 Å². The number of rotatable bonds is 3. The molecule has 0 fully saturated rings. The zero-order valence-corrected chi connectivity index (χ0v) is 12.3. The van der Waals surface area contributed by atoms with Gasteiger partial charge in [-0.15, -0.1) is 0 Å². The third kappa shape index (κ3) is 2.08. The fraction of sp³-hybridized carbons (Fsp3) is 0.133. The normalized spacial score (nSPS) is 16.8. The molecule has 6 heteroatoms. The minimum atomic E-state index is -1.57. The van der Waals surface area contributed by atoms with Gasteiger partial charge in [0.05, 0.1) is 24.8 Å². The molecule has 21 heavy (non-hydrogen) atoms. The number of hydrogen-bond donors (Lipinski definition) is 0. The summed E-state index contributed by atoms with van der Waals surface area (Å²) in [4.78, 5) is 13.0. The molecular weight excluding hydrogens is 290 g/mol.